The second-order valence-corrected chi connectivity index (χ2v) is 3.14. The summed E-state index contributed by atoms with van der Waals surface area (Å²) >= 11 is 0. The number of halogens is 1. The third-order valence-corrected chi connectivity index (χ3v) is 1.89. The van der Waals surface area contributed by atoms with Crippen LogP contribution in [0.3, 0.4) is 0 Å². The Labute approximate surface area is 81.5 Å². The van der Waals surface area contributed by atoms with Crippen LogP contribution < -0.4 is 0 Å². The van der Waals surface area contributed by atoms with Crippen LogP contribution in [0.25, 0.3) is 0 Å². The number of carboxylic acids is 3. The fourth-order valence-corrected chi connectivity index (χ4v) is 0.656. The smallest absolute Gasteiger partial charge is 0.325 e. The molecule has 0 heterocycles. The normalized spacial score (nSPS) is 9.92. The summed E-state index contributed by atoms with van der Waals surface area (Å²) in [5, 5.41) is 22.7. The zero-order valence-electron chi connectivity index (χ0n) is 6.26. The lowest BCUT2D eigenvalue weighted by atomic mass is 10.1. The predicted octanol–water partition coefficient (Wildman–Crippen LogP) is -0.334. The van der Waals surface area contributed by atoms with Gasteiger partial charge in [-0.15, -0.1) is 21.6 Å². The molecule has 0 spiro atoms. The van der Waals surface area contributed by atoms with Crippen LogP contribution in [0.2, 0.25) is 0 Å². The van der Waals surface area contributed by atoms with Gasteiger partial charge in [-0.3, -0.25) is 14.4 Å². The highest BCUT2D eigenvalue weighted by Crippen LogP contribution is 2.23. The predicted molar refractivity (Wildman–Crippen MR) is 47.2 cm³/mol. The summed E-state index contributed by atoms with van der Waals surface area (Å²) in [4.78, 5) is 30.8. The number of rotatable bonds is 4. The Bertz CT molecular complexity index is 225. The van der Waals surface area contributed by atoms with Gasteiger partial charge in [0.05, 0.1) is 6.42 Å². The van der Waals surface area contributed by atoms with Crippen molar-refractivity contribution < 1.29 is 29.7 Å². The van der Waals surface area contributed by atoms with Crippen molar-refractivity contribution in [3.05, 3.63) is 0 Å². The molecule has 8 heteroatoms. The maximum Gasteiger partial charge on any atom is 0.325 e. The van der Waals surface area contributed by atoms with Crippen LogP contribution in [0.4, 0.5) is 0 Å². The molecule has 3 N–H and O–H groups in total. The van der Waals surface area contributed by atoms with Gasteiger partial charge in [0.25, 0.3) is 0 Å². The first kappa shape index (κ1) is 14.6. The van der Waals surface area contributed by atoms with Gasteiger partial charge in [0, 0.05) is 0 Å². The minimum atomic E-state index is -2.33. The highest BCUT2D eigenvalue weighted by atomic mass is 35.5. The molecule has 0 saturated carbocycles. The maximum atomic E-state index is 10.3. The quantitative estimate of drug-likeness (QED) is 0.450. The van der Waals surface area contributed by atoms with E-state index in [4.69, 9.17) is 15.3 Å². The molecule has 76 valence electrons. The summed E-state index contributed by atoms with van der Waals surface area (Å²) in [6.07, 6.45) is -0.970. The van der Waals surface area contributed by atoms with Crippen LogP contribution in [-0.4, -0.2) is 38.4 Å². The van der Waals surface area contributed by atoms with Crippen LogP contribution in [0.5, 0.6) is 0 Å². The van der Waals surface area contributed by atoms with Crippen molar-refractivity contribution in [2.24, 2.45) is 0 Å². The molecule has 0 saturated heterocycles. The summed E-state index contributed by atoms with van der Waals surface area (Å²) in [6, 6.07) is 0. The van der Waals surface area contributed by atoms with E-state index in [0.717, 1.165) is 0 Å². The number of aliphatic carboxylic acids is 3. The standard InChI is InChI=1S/C5H7O6P.ClH/c6-2(7)1-5(12,3(8)9)4(10)11;/h1,12H2,(H,6,7)(H,8,9)(H,10,11);1H. The molecule has 0 aliphatic carbocycles. The highest BCUT2D eigenvalue weighted by molar-refractivity contribution is 7.23. The second-order valence-electron chi connectivity index (χ2n) is 2.15. The highest BCUT2D eigenvalue weighted by Gasteiger charge is 2.44. The summed E-state index contributed by atoms with van der Waals surface area (Å²) in [6.45, 7) is 0. The molecule has 1 unspecified atom stereocenters. The van der Waals surface area contributed by atoms with Gasteiger partial charge in [-0.2, -0.15) is 0 Å². The summed E-state index contributed by atoms with van der Waals surface area (Å²) < 4.78 is 0. The Balaban J connectivity index is 0. The minimum absolute atomic E-state index is 0. The molecule has 0 fully saturated rings. The van der Waals surface area contributed by atoms with Crippen molar-refractivity contribution in [1.82, 2.24) is 0 Å². The molecule has 0 aromatic rings. The molecule has 0 aromatic heterocycles. The van der Waals surface area contributed by atoms with E-state index >= 15 is 0 Å². The lowest BCUT2D eigenvalue weighted by Crippen LogP contribution is -2.42. The van der Waals surface area contributed by atoms with Crippen molar-refractivity contribution in [1.29, 1.82) is 0 Å². The van der Waals surface area contributed by atoms with Crippen LogP contribution in [-0.2, 0) is 14.4 Å². The number of carboxylic acid groups (broad SMARTS) is 3. The second kappa shape index (κ2) is 4.99. The Hall–Kier alpha value is -0.870. The molecule has 13 heavy (non-hydrogen) atoms. The van der Waals surface area contributed by atoms with Gasteiger partial charge in [0.15, 0.2) is 5.16 Å². The SMILES string of the molecule is Cl.O=C(O)CC(P)(C(=O)O)C(=O)O. The molecular formula is C5H8ClO6P. The first-order valence-electron chi connectivity index (χ1n) is 2.78. The number of hydrogen-bond donors (Lipinski definition) is 3. The molecule has 0 bridgehead atoms. The zero-order chi connectivity index (χ0) is 9.94. The van der Waals surface area contributed by atoms with E-state index in [0.29, 0.717) is 0 Å². The average molecular weight is 231 g/mol. The molecule has 0 radical (unpaired) electrons. The average Bonchev–Trinajstić information content (AvgIpc) is 1.84. The molecule has 0 rings (SSSR count). The van der Waals surface area contributed by atoms with Gasteiger partial charge in [-0.1, -0.05) is 0 Å². The van der Waals surface area contributed by atoms with E-state index in [1.54, 1.807) is 0 Å². The van der Waals surface area contributed by atoms with Crippen molar-refractivity contribution in [3.8, 4) is 0 Å². The van der Waals surface area contributed by atoms with Crippen molar-refractivity contribution in [2.75, 3.05) is 0 Å². The number of carbonyl (C=O) groups is 3. The van der Waals surface area contributed by atoms with Crippen LogP contribution in [0, 0.1) is 0 Å². The molecule has 6 nitrogen and oxygen atoms in total. The van der Waals surface area contributed by atoms with E-state index in [1.807, 2.05) is 0 Å². The molecule has 0 aliphatic rings. The lowest BCUT2D eigenvalue weighted by molar-refractivity contribution is -0.156. The third kappa shape index (κ3) is 3.57. The maximum absolute atomic E-state index is 10.3. The van der Waals surface area contributed by atoms with Crippen LogP contribution in [0.1, 0.15) is 6.42 Å². The van der Waals surface area contributed by atoms with E-state index < -0.39 is 29.5 Å². The van der Waals surface area contributed by atoms with Crippen molar-refractivity contribution in [2.45, 2.75) is 11.6 Å². The van der Waals surface area contributed by atoms with Crippen LogP contribution >= 0.6 is 21.6 Å². The Kier molecular flexibility index (Phi) is 5.62. The minimum Gasteiger partial charge on any atom is -0.481 e. The summed E-state index contributed by atoms with van der Waals surface area (Å²) in [5.74, 6) is -4.86. The fourth-order valence-electron chi connectivity index (χ4n) is 0.481. The Morgan fingerprint density at radius 2 is 1.38 bits per heavy atom. The monoisotopic (exact) mass is 230 g/mol. The lowest BCUT2D eigenvalue weighted by Gasteiger charge is -2.15. The third-order valence-electron chi connectivity index (χ3n) is 1.19. The summed E-state index contributed by atoms with van der Waals surface area (Å²) in [7, 11) is 1.51. The topological polar surface area (TPSA) is 112 Å². The fraction of sp³-hybridized carbons (Fsp3) is 0.400. The van der Waals surface area contributed by atoms with Gasteiger partial charge in [0.2, 0.25) is 0 Å². The van der Waals surface area contributed by atoms with Gasteiger partial charge < -0.3 is 15.3 Å². The first-order valence-corrected chi connectivity index (χ1v) is 3.36. The molecule has 1 atom stereocenters. The van der Waals surface area contributed by atoms with Gasteiger partial charge in [0.1, 0.15) is 0 Å². The molecule has 0 amide bonds. The van der Waals surface area contributed by atoms with Gasteiger partial charge in [-0.05, 0) is 0 Å². The Morgan fingerprint density at radius 3 is 1.46 bits per heavy atom. The first-order chi connectivity index (χ1) is 5.30. The molecular weight excluding hydrogens is 222 g/mol. The zero-order valence-corrected chi connectivity index (χ0v) is 8.23. The summed E-state index contributed by atoms with van der Waals surface area (Å²) in [5.41, 5.74) is 0. The van der Waals surface area contributed by atoms with E-state index in [-0.39, 0.29) is 12.4 Å². The van der Waals surface area contributed by atoms with Crippen LogP contribution in [0.15, 0.2) is 0 Å². The largest absolute Gasteiger partial charge is 0.481 e. The molecule has 0 aliphatic heterocycles. The Morgan fingerprint density at radius 1 is 1.08 bits per heavy atom. The van der Waals surface area contributed by atoms with E-state index in [1.165, 1.54) is 9.24 Å². The van der Waals surface area contributed by atoms with Gasteiger partial charge >= 0.3 is 17.9 Å². The number of hydrogen-bond acceptors (Lipinski definition) is 3. The van der Waals surface area contributed by atoms with E-state index in [2.05, 4.69) is 0 Å². The van der Waals surface area contributed by atoms with Crippen molar-refractivity contribution in [3.63, 3.8) is 0 Å². The van der Waals surface area contributed by atoms with E-state index in [9.17, 15) is 14.4 Å². The molecule has 0 aromatic carbocycles. The van der Waals surface area contributed by atoms with Gasteiger partial charge in [-0.25, -0.2) is 0 Å². The van der Waals surface area contributed by atoms with Crippen molar-refractivity contribution >= 4 is 39.6 Å².